The van der Waals surface area contributed by atoms with E-state index in [0.717, 1.165) is 13.0 Å². The molecule has 2 heterocycles. The smallest absolute Gasteiger partial charge is 0.161 e. The van der Waals surface area contributed by atoms with Gasteiger partial charge in [-0.2, -0.15) is 0 Å². The lowest BCUT2D eigenvalue weighted by atomic mass is 9.93. The number of hydrogen-bond donors (Lipinski definition) is 0. The molecule has 0 aromatic carbocycles. The van der Waals surface area contributed by atoms with Crippen molar-refractivity contribution < 1.29 is 9.47 Å². The average Bonchev–Trinajstić information content (AvgIpc) is 2.23. The van der Waals surface area contributed by atoms with E-state index in [0.29, 0.717) is 5.92 Å². The zero-order valence-electron chi connectivity index (χ0n) is 6.59. The zero-order chi connectivity index (χ0) is 7.19. The van der Waals surface area contributed by atoms with E-state index in [-0.39, 0.29) is 11.9 Å². The molecule has 10 heavy (non-hydrogen) atoms. The van der Waals surface area contributed by atoms with Gasteiger partial charge in [-0.1, -0.05) is 6.92 Å². The molecule has 2 nitrogen and oxygen atoms in total. The molecule has 0 saturated carbocycles. The topological polar surface area (TPSA) is 18.5 Å². The number of fused-ring (bicyclic) bond motifs is 2. The van der Waals surface area contributed by atoms with Crippen molar-refractivity contribution in [2.45, 2.75) is 38.6 Å². The minimum Gasteiger partial charge on any atom is -0.349 e. The molecule has 0 unspecified atom stereocenters. The van der Waals surface area contributed by atoms with Crippen LogP contribution in [-0.4, -0.2) is 18.5 Å². The van der Waals surface area contributed by atoms with Crippen LogP contribution in [0, 0.1) is 5.92 Å². The molecular formula is C8H14O2. The van der Waals surface area contributed by atoms with Crippen LogP contribution < -0.4 is 0 Å². The first-order valence-corrected chi connectivity index (χ1v) is 3.99. The van der Waals surface area contributed by atoms with E-state index in [9.17, 15) is 0 Å². The Balaban J connectivity index is 2.12. The number of hydrogen-bond acceptors (Lipinski definition) is 2. The highest BCUT2D eigenvalue weighted by atomic mass is 16.7. The molecular weight excluding hydrogens is 128 g/mol. The van der Waals surface area contributed by atoms with Crippen molar-refractivity contribution in [2.75, 3.05) is 6.61 Å². The fraction of sp³-hybridized carbons (Fsp3) is 1.00. The maximum atomic E-state index is 5.67. The number of rotatable bonds is 0. The predicted octanol–water partition coefficient (Wildman–Crippen LogP) is 1.55. The Labute approximate surface area is 61.5 Å². The van der Waals surface area contributed by atoms with E-state index in [2.05, 4.69) is 13.8 Å². The third-order valence-electron chi connectivity index (χ3n) is 2.55. The van der Waals surface area contributed by atoms with Crippen LogP contribution in [0.3, 0.4) is 0 Å². The Kier molecular flexibility index (Phi) is 1.29. The highest BCUT2D eigenvalue weighted by Crippen LogP contribution is 2.38. The Morgan fingerprint density at radius 1 is 1.50 bits per heavy atom. The van der Waals surface area contributed by atoms with E-state index in [4.69, 9.17) is 9.47 Å². The normalized spacial score (nSPS) is 53.4. The minimum absolute atomic E-state index is 0.0528. The fourth-order valence-corrected chi connectivity index (χ4v) is 1.69. The van der Waals surface area contributed by atoms with Gasteiger partial charge in [0, 0.05) is 5.92 Å². The molecule has 2 rings (SSSR count). The monoisotopic (exact) mass is 142 g/mol. The standard InChI is InChI=1S/C8H14O2/c1-6-3-4-8(2)5-9-7(6)10-8/h6-7H,3-5H2,1-2H3/t6-,7-,8+/m0/s1. The van der Waals surface area contributed by atoms with Crippen LogP contribution in [0.2, 0.25) is 0 Å². The second kappa shape index (κ2) is 1.95. The van der Waals surface area contributed by atoms with Crippen molar-refractivity contribution >= 4 is 0 Å². The molecule has 0 spiro atoms. The van der Waals surface area contributed by atoms with Crippen LogP contribution >= 0.6 is 0 Å². The zero-order valence-corrected chi connectivity index (χ0v) is 6.59. The van der Waals surface area contributed by atoms with Gasteiger partial charge >= 0.3 is 0 Å². The van der Waals surface area contributed by atoms with E-state index in [1.165, 1.54) is 6.42 Å². The fourth-order valence-electron chi connectivity index (χ4n) is 1.69. The van der Waals surface area contributed by atoms with E-state index >= 15 is 0 Å². The second-order valence-corrected chi connectivity index (χ2v) is 3.76. The van der Waals surface area contributed by atoms with Gasteiger partial charge in [-0.15, -0.1) is 0 Å². The van der Waals surface area contributed by atoms with Gasteiger partial charge in [-0.3, -0.25) is 0 Å². The first kappa shape index (κ1) is 6.62. The summed E-state index contributed by atoms with van der Waals surface area (Å²) in [5, 5.41) is 0. The van der Waals surface area contributed by atoms with Crippen molar-refractivity contribution in [2.24, 2.45) is 5.92 Å². The summed E-state index contributed by atoms with van der Waals surface area (Å²) in [6.07, 6.45) is 2.50. The molecule has 0 aromatic heterocycles. The maximum absolute atomic E-state index is 5.67. The van der Waals surface area contributed by atoms with Gasteiger partial charge in [-0.05, 0) is 19.8 Å². The first-order valence-electron chi connectivity index (χ1n) is 3.99. The summed E-state index contributed by atoms with van der Waals surface area (Å²) >= 11 is 0. The second-order valence-electron chi connectivity index (χ2n) is 3.76. The molecule has 2 aliphatic rings. The molecule has 0 amide bonds. The lowest BCUT2D eigenvalue weighted by Gasteiger charge is -2.30. The van der Waals surface area contributed by atoms with Crippen LogP contribution in [0.5, 0.6) is 0 Å². The van der Waals surface area contributed by atoms with Crippen LogP contribution in [0.15, 0.2) is 0 Å². The van der Waals surface area contributed by atoms with Crippen LogP contribution in [0.1, 0.15) is 26.7 Å². The molecule has 2 saturated heterocycles. The van der Waals surface area contributed by atoms with Gasteiger partial charge in [0.15, 0.2) is 6.29 Å². The third kappa shape index (κ3) is 0.867. The van der Waals surface area contributed by atoms with Gasteiger partial charge in [0.1, 0.15) is 0 Å². The van der Waals surface area contributed by atoms with Crippen LogP contribution in [0.4, 0.5) is 0 Å². The minimum atomic E-state index is 0.0528. The Bertz CT molecular complexity index is 146. The molecule has 0 aromatic rings. The van der Waals surface area contributed by atoms with E-state index in [1.54, 1.807) is 0 Å². The number of ether oxygens (including phenoxy) is 2. The molecule has 2 fully saturated rings. The Morgan fingerprint density at radius 3 is 3.00 bits per heavy atom. The summed E-state index contributed by atoms with van der Waals surface area (Å²) in [6.45, 7) is 5.12. The summed E-state index contributed by atoms with van der Waals surface area (Å²) in [7, 11) is 0. The molecule has 2 heteroatoms. The highest BCUT2D eigenvalue weighted by Gasteiger charge is 2.43. The molecule has 58 valence electrons. The molecule has 0 aliphatic carbocycles. The molecule has 0 N–H and O–H groups in total. The summed E-state index contributed by atoms with van der Waals surface area (Å²) in [5.41, 5.74) is 0.0528. The summed E-state index contributed by atoms with van der Waals surface area (Å²) in [5.74, 6) is 0.593. The van der Waals surface area contributed by atoms with E-state index in [1.807, 2.05) is 0 Å². The maximum Gasteiger partial charge on any atom is 0.161 e. The van der Waals surface area contributed by atoms with Crippen molar-refractivity contribution in [3.05, 3.63) is 0 Å². The Morgan fingerprint density at radius 2 is 2.30 bits per heavy atom. The van der Waals surface area contributed by atoms with Crippen molar-refractivity contribution in [3.63, 3.8) is 0 Å². The first-order chi connectivity index (χ1) is 4.70. The Hall–Kier alpha value is -0.0800. The quantitative estimate of drug-likeness (QED) is 0.511. The van der Waals surface area contributed by atoms with Gasteiger partial charge in [-0.25, -0.2) is 0 Å². The largest absolute Gasteiger partial charge is 0.349 e. The molecule has 2 bridgehead atoms. The molecule has 2 aliphatic heterocycles. The van der Waals surface area contributed by atoms with Gasteiger partial charge in [0.2, 0.25) is 0 Å². The molecule has 0 radical (unpaired) electrons. The van der Waals surface area contributed by atoms with Gasteiger partial charge < -0.3 is 9.47 Å². The summed E-state index contributed by atoms with van der Waals surface area (Å²) in [4.78, 5) is 0. The highest BCUT2D eigenvalue weighted by molar-refractivity contribution is 4.87. The van der Waals surface area contributed by atoms with Crippen molar-refractivity contribution in [1.29, 1.82) is 0 Å². The predicted molar refractivity (Wildman–Crippen MR) is 37.6 cm³/mol. The van der Waals surface area contributed by atoms with Gasteiger partial charge in [0.05, 0.1) is 12.2 Å². The lowest BCUT2D eigenvalue weighted by Crippen LogP contribution is -2.34. The summed E-state index contributed by atoms with van der Waals surface area (Å²) < 4.78 is 11.1. The van der Waals surface area contributed by atoms with Crippen molar-refractivity contribution in [1.82, 2.24) is 0 Å². The van der Waals surface area contributed by atoms with Crippen LogP contribution in [-0.2, 0) is 9.47 Å². The van der Waals surface area contributed by atoms with Crippen LogP contribution in [0.25, 0.3) is 0 Å². The average molecular weight is 142 g/mol. The third-order valence-corrected chi connectivity index (χ3v) is 2.55. The van der Waals surface area contributed by atoms with E-state index < -0.39 is 0 Å². The summed E-state index contributed by atoms with van der Waals surface area (Å²) in [6, 6.07) is 0. The van der Waals surface area contributed by atoms with Crippen molar-refractivity contribution in [3.8, 4) is 0 Å². The van der Waals surface area contributed by atoms with Gasteiger partial charge in [0.25, 0.3) is 0 Å². The lowest BCUT2D eigenvalue weighted by molar-refractivity contribution is -0.142. The SMILES string of the molecule is C[C@H]1CC[C@]2(C)CO[C@H]1O2. The molecule has 3 atom stereocenters.